The van der Waals surface area contributed by atoms with Crippen LogP contribution in [0.2, 0.25) is 0 Å². The predicted molar refractivity (Wildman–Crippen MR) is 71.7 cm³/mol. The predicted octanol–water partition coefficient (Wildman–Crippen LogP) is 4.22. The average molecular weight is 219 g/mol. The van der Waals surface area contributed by atoms with E-state index in [1.807, 2.05) is 0 Å². The zero-order valence-corrected chi connectivity index (χ0v) is 11.1. The SMILES string of the molecule is CCCC(CC)N[C@@H](C)c1ccccc1C. The second-order valence-corrected chi connectivity index (χ2v) is 4.64. The molecule has 1 heteroatoms. The van der Waals surface area contributed by atoms with E-state index < -0.39 is 0 Å². The Bertz CT molecular complexity index is 306. The summed E-state index contributed by atoms with van der Waals surface area (Å²) >= 11 is 0. The van der Waals surface area contributed by atoms with Crippen molar-refractivity contribution in [1.29, 1.82) is 0 Å². The molecule has 0 radical (unpaired) electrons. The van der Waals surface area contributed by atoms with E-state index in [4.69, 9.17) is 0 Å². The lowest BCUT2D eigenvalue weighted by molar-refractivity contribution is 0.416. The van der Waals surface area contributed by atoms with Gasteiger partial charge in [0.2, 0.25) is 0 Å². The van der Waals surface area contributed by atoms with E-state index in [0.717, 1.165) is 0 Å². The second-order valence-electron chi connectivity index (χ2n) is 4.64. The quantitative estimate of drug-likeness (QED) is 0.755. The van der Waals surface area contributed by atoms with Gasteiger partial charge >= 0.3 is 0 Å². The Balaban J connectivity index is 2.64. The van der Waals surface area contributed by atoms with Crippen molar-refractivity contribution in [2.45, 2.75) is 59.0 Å². The van der Waals surface area contributed by atoms with Crippen LogP contribution in [0.3, 0.4) is 0 Å². The molecule has 0 saturated heterocycles. The first-order chi connectivity index (χ1) is 7.69. The van der Waals surface area contributed by atoms with Crippen LogP contribution in [0.5, 0.6) is 0 Å². The zero-order chi connectivity index (χ0) is 12.0. The summed E-state index contributed by atoms with van der Waals surface area (Å²) in [6, 6.07) is 9.76. The second kappa shape index (κ2) is 6.70. The van der Waals surface area contributed by atoms with Crippen LogP contribution >= 0.6 is 0 Å². The molecule has 1 N–H and O–H groups in total. The minimum Gasteiger partial charge on any atom is -0.307 e. The van der Waals surface area contributed by atoms with E-state index in [1.54, 1.807) is 0 Å². The van der Waals surface area contributed by atoms with Gasteiger partial charge in [0.05, 0.1) is 0 Å². The van der Waals surface area contributed by atoms with Crippen LogP contribution in [-0.2, 0) is 0 Å². The molecule has 1 aromatic rings. The normalized spacial score (nSPS) is 14.8. The average Bonchev–Trinajstić information content (AvgIpc) is 2.28. The van der Waals surface area contributed by atoms with Gasteiger partial charge in [0.15, 0.2) is 0 Å². The third-order valence-electron chi connectivity index (χ3n) is 3.27. The van der Waals surface area contributed by atoms with E-state index in [2.05, 4.69) is 57.3 Å². The van der Waals surface area contributed by atoms with Gasteiger partial charge in [-0.3, -0.25) is 0 Å². The molecule has 16 heavy (non-hydrogen) atoms. The molecule has 0 aliphatic heterocycles. The number of nitrogens with one attached hydrogen (secondary N) is 1. The lowest BCUT2D eigenvalue weighted by atomic mass is 10.0. The van der Waals surface area contributed by atoms with E-state index in [9.17, 15) is 0 Å². The van der Waals surface area contributed by atoms with Crippen LogP contribution in [-0.4, -0.2) is 6.04 Å². The van der Waals surface area contributed by atoms with Crippen LogP contribution in [0.25, 0.3) is 0 Å². The molecule has 0 saturated carbocycles. The summed E-state index contributed by atoms with van der Waals surface area (Å²) in [5.41, 5.74) is 2.81. The molecule has 0 bridgehead atoms. The highest BCUT2D eigenvalue weighted by molar-refractivity contribution is 5.28. The lowest BCUT2D eigenvalue weighted by Crippen LogP contribution is -2.31. The summed E-state index contributed by atoms with van der Waals surface area (Å²) in [6.45, 7) is 8.97. The standard InChI is InChI=1S/C15H25N/c1-5-9-14(6-2)16-13(4)15-11-8-7-10-12(15)3/h7-8,10-11,13-14,16H,5-6,9H2,1-4H3/t13-,14?/m0/s1. The maximum Gasteiger partial charge on any atom is 0.0296 e. The number of aryl methyl sites for hydroxylation is 1. The van der Waals surface area contributed by atoms with Gasteiger partial charge in [-0.1, -0.05) is 44.5 Å². The maximum absolute atomic E-state index is 3.72. The summed E-state index contributed by atoms with van der Waals surface area (Å²) in [6.07, 6.45) is 3.74. The van der Waals surface area contributed by atoms with Gasteiger partial charge in [0.25, 0.3) is 0 Å². The topological polar surface area (TPSA) is 12.0 Å². The van der Waals surface area contributed by atoms with Crippen molar-refractivity contribution < 1.29 is 0 Å². The smallest absolute Gasteiger partial charge is 0.0296 e. The molecule has 0 amide bonds. The van der Waals surface area contributed by atoms with Gasteiger partial charge in [-0.15, -0.1) is 0 Å². The Hall–Kier alpha value is -0.820. The zero-order valence-electron chi connectivity index (χ0n) is 11.1. The van der Waals surface area contributed by atoms with Gasteiger partial charge in [0.1, 0.15) is 0 Å². The fourth-order valence-electron chi connectivity index (χ4n) is 2.27. The van der Waals surface area contributed by atoms with Crippen LogP contribution < -0.4 is 5.32 Å². The third-order valence-corrected chi connectivity index (χ3v) is 3.27. The van der Waals surface area contributed by atoms with Crippen molar-refractivity contribution in [2.24, 2.45) is 0 Å². The summed E-state index contributed by atoms with van der Waals surface area (Å²) in [5, 5.41) is 3.72. The molecule has 0 heterocycles. The molecule has 0 fully saturated rings. The van der Waals surface area contributed by atoms with Gasteiger partial charge in [-0.2, -0.15) is 0 Å². The van der Waals surface area contributed by atoms with Gasteiger partial charge in [-0.25, -0.2) is 0 Å². The number of rotatable bonds is 6. The van der Waals surface area contributed by atoms with E-state index in [-0.39, 0.29) is 0 Å². The fraction of sp³-hybridized carbons (Fsp3) is 0.600. The van der Waals surface area contributed by atoms with Crippen molar-refractivity contribution >= 4 is 0 Å². The molecular weight excluding hydrogens is 194 g/mol. The lowest BCUT2D eigenvalue weighted by Gasteiger charge is -2.23. The van der Waals surface area contributed by atoms with Crippen LogP contribution in [0.4, 0.5) is 0 Å². The molecule has 1 rings (SSSR count). The van der Waals surface area contributed by atoms with E-state index in [1.165, 1.54) is 30.4 Å². The van der Waals surface area contributed by atoms with Gasteiger partial charge in [-0.05, 0) is 37.8 Å². The summed E-state index contributed by atoms with van der Waals surface area (Å²) in [4.78, 5) is 0. The number of hydrogen-bond donors (Lipinski definition) is 1. The molecule has 90 valence electrons. The molecule has 1 nitrogen and oxygen atoms in total. The molecule has 0 spiro atoms. The van der Waals surface area contributed by atoms with Crippen LogP contribution in [0.15, 0.2) is 24.3 Å². The van der Waals surface area contributed by atoms with E-state index in [0.29, 0.717) is 12.1 Å². The number of benzene rings is 1. The fourth-order valence-corrected chi connectivity index (χ4v) is 2.27. The Labute approximate surface area is 100 Å². The van der Waals surface area contributed by atoms with Gasteiger partial charge < -0.3 is 5.32 Å². The highest BCUT2D eigenvalue weighted by Gasteiger charge is 2.12. The molecule has 1 aromatic carbocycles. The van der Waals surface area contributed by atoms with Gasteiger partial charge in [0, 0.05) is 12.1 Å². The van der Waals surface area contributed by atoms with Crippen LogP contribution in [0.1, 0.15) is 57.2 Å². The Morgan fingerprint density at radius 3 is 2.44 bits per heavy atom. The van der Waals surface area contributed by atoms with Crippen molar-refractivity contribution in [2.75, 3.05) is 0 Å². The van der Waals surface area contributed by atoms with Crippen molar-refractivity contribution in [3.8, 4) is 0 Å². The Morgan fingerprint density at radius 1 is 1.19 bits per heavy atom. The number of hydrogen-bond acceptors (Lipinski definition) is 1. The third kappa shape index (κ3) is 3.64. The monoisotopic (exact) mass is 219 g/mol. The van der Waals surface area contributed by atoms with Crippen molar-refractivity contribution in [1.82, 2.24) is 5.32 Å². The molecule has 1 unspecified atom stereocenters. The minimum absolute atomic E-state index is 0.456. The highest BCUT2D eigenvalue weighted by Crippen LogP contribution is 2.18. The Kier molecular flexibility index (Phi) is 5.54. The van der Waals surface area contributed by atoms with Crippen LogP contribution in [0, 0.1) is 6.92 Å². The Morgan fingerprint density at radius 2 is 1.88 bits per heavy atom. The summed E-state index contributed by atoms with van der Waals surface area (Å²) < 4.78 is 0. The first-order valence-corrected chi connectivity index (χ1v) is 6.50. The molecule has 0 aliphatic carbocycles. The molecular formula is C15H25N. The largest absolute Gasteiger partial charge is 0.307 e. The minimum atomic E-state index is 0.456. The summed E-state index contributed by atoms with van der Waals surface area (Å²) in [5.74, 6) is 0. The molecule has 0 aromatic heterocycles. The molecule has 0 aliphatic rings. The summed E-state index contributed by atoms with van der Waals surface area (Å²) in [7, 11) is 0. The van der Waals surface area contributed by atoms with Crippen molar-refractivity contribution in [3.05, 3.63) is 35.4 Å². The van der Waals surface area contributed by atoms with Crippen molar-refractivity contribution in [3.63, 3.8) is 0 Å². The van der Waals surface area contributed by atoms with E-state index >= 15 is 0 Å². The first kappa shape index (κ1) is 13.2. The maximum atomic E-state index is 3.72. The highest BCUT2D eigenvalue weighted by atomic mass is 14.9. The first-order valence-electron chi connectivity index (χ1n) is 6.50. The molecule has 2 atom stereocenters.